The molecule has 0 saturated carbocycles. The van der Waals surface area contributed by atoms with E-state index in [0.29, 0.717) is 0 Å². The van der Waals surface area contributed by atoms with E-state index >= 15 is 0 Å². The van der Waals surface area contributed by atoms with E-state index in [0.717, 1.165) is 18.2 Å². The third kappa shape index (κ3) is 6.33. The van der Waals surface area contributed by atoms with Gasteiger partial charge in [0.15, 0.2) is 0 Å². The van der Waals surface area contributed by atoms with Gasteiger partial charge in [0.1, 0.15) is 5.60 Å². The van der Waals surface area contributed by atoms with E-state index in [1.807, 2.05) is 10.9 Å². The molecule has 3 amide bonds. The van der Waals surface area contributed by atoms with Gasteiger partial charge in [-0.05, 0) is 39.0 Å². The normalized spacial score (nSPS) is 11.5. The minimum Gasteiger partial charge on any atom is -0.443 e. The number of nitrogens with one attached hydrogen (secondary N) is 3. The summed E-state index contributed by atoms with van der Waals surface area (Å²) in [6.45, 7) is 4.90. The number of halogens is 3. The summed E-state index contributed by atoms with van der Waals surface area (Å²) in [4.78, 5) is 22.7. The molecule has 0 aliphatic heterocycles. The van der Waals surface area contributed by atoms with Gasteiger partial charge >= 0.3 is 18.3 Å². The summed E-state index contributed by atoms with van der Waals surface area (Å²) in [6, 6.07) is 3.17. The molecule has 0 unspecified atom stereocenters. The van der Waals surface area contributed by atoms with Gasteiger partial charge in [0.2, 0.25) is 0 Å². The zero-order valence-electron chi connectivity index (χ0n) is 12.2. The Morgan fingerprint density at radius 3 is 2.27 bits per heavy atom. The molecule has 1 aromatic carbocycles. The molecule has 0 aliphatic rings. The quantitative estimate of drug-likeness (QED) is 0.695. The van der Waals surface area contributed by atoms with Gasteiger partial charge in [0.05, 0.1) is 5.56 Å². The largest absolute Gasteiger partial charge is 0.443 e. The molecule has 6 nitrogen and oxygen atoms in total. The van der Waals surface area contributed by atoms with E-state index in [1.165, 1.54) is 6.07 Å². The van der Waals surface area contributed by atoms with Crippen LogP contribution in [0.2, 0.25) is 0 Å². The molecule has 0 bridgehead atoms. The van der Waals surface area contributed by atoms with Gasteiger partial charge in [-0.2, -0.15) is 13.2 Å². The molecule has 0 saturated heterocycles. The topological polar surface area (TPSA) is 79.5 Å². The van der Waals surface area contributed by atoms with Crippen molar-refractivity contribution in [1.82, 2.24) is 10.9 Å². The van der Waals surface area contributed by atoms with Crippen molar-refractivity contribution in [2.45, 2.75) is 32.5 Å². The number of anilines is 1. The van der Waals surface area contributed by atoms with Crippen LogP contribution in [0.3, 0.4) is 0 Å². The average Bonchev–Trinajstić information content (AvgIpc) is 2.34. The molecule has 1 aromatic rings. The van der Waals surface area contributed by atoms with Crippen molar-refractivity contribution in [1.29, 1.82) is 0 Å². The zero-order valence-corrected chi connectivity index (χ0v) is 12.2. The van der Waals surface area contributed by atoms with Crippen LogP contribution < -0.4 is 16.2 Å². The number of rotatable bonds is 1. The second-order valence-electron chi connectivity index (χ2n) is 5.28. The maximum Gasteiger partial charge on any atom is 0.426 e. The number of ether oxygens (including phenoxy) is 1. The lowest BCUT2D eigenvalue weighted by Crippen LogP contribution is -2.46. The van der Waals surface area contributed by atoms with Crippen molar-refractivity contribution < 1.29 is 27.5 Å². The number of hydrazine groups is 1. The van der Waals surface area contributed by atoms with E-state index in [9.17, 15) is 22.8 Å². The molecule has 0 spiro atoms. The SMILES string of the molecule is CC(C)(C)OC(=O)NNC(=O)Nc1cccc(C(F)(F)F)c1. The second-order valence-corrected chi connectivity index (χ2v) is 5.28. The van der Waals surface area contributed by atoms with Crippen LogP contribution in [-0.2, 0) is 10.9 Å². The lowest BCUT2D eigenvalue weighted by molar-refractivity contribution is -0.137. The Balaban J connectivity index is 2.54. The molecule has 122 valence electrons. The number of benzene rings is 1. The molecule has 3 N–H and O–H groups in total. The van der Waals surface area contributed by atoms with Crippen LogP contribution in [0.4, 0.5) is 28.4 Å². The lowest BCUT2D eigenvalue weighted by Gasteiger charge is -2.19. The van der Waals surface area contributed by atoms with Crippen LogP contribution in [-0.4, -0.2) is 17.7 Å². The highest BCUT2D eigenvalue weighted by Gasteiger charge is 2.30. The molecular formula is C13H16F3N3O3. The maximum absolute atomic E-state index is 12.5. The van der Waals surface area contributed by atoms with Crippen molar-refractivity contribution in [3.63, 3.8) is 0 Å². The van der Waals surface area contributed by atoms with Crippen LogP contribution in [0, 0.1) is 0 Å². The zero-order chi connectivity index (χ0) is 17.0. The minimum atomic E-state index is -4.51. The van der Waals surface area contributed by atoms with E-state index in [2.05, 4.69) is 5.32 Å². The predicted molar refractivity (Wildman–Crippen MR) is 73.0 cm³/mol. The van der Waals surface area contributed by atoms with E-state index < -0.39 is 29.5 Å². The van der Waals surface area contributed by atoms with Crippen LogP contribution in [0.15, 0.2) is 24.3 Å². The van der Waals surface area contributed by atoms with Gasteiger partial charge in [-0.3, -0.25) is 0 Å². The number of hydrogen-bond donors (Lipinski definition) is 3. The molecule has 0 fully saturated rings. The third-order valence-corrected chi connectivity index (χ3v) is 2.12. The Labute approximate surface area is 125 Å². The molecule has 0 heterocycles. The van der Waals surface area contributed by atoms with Gasteiger partial charge < -0.3 is 10.1 Å². The van der Waals surface area contributed by atoms with Crippen molar-refractivity contribution in [3.05, 3.63) is 29.8 Å². The highest BCUT2D eigenvalue weighted by molar-refractivity contribution is 5.90. The number of amides is 3. The van der Waals surface area contributed by atoms with Crippen molar-refractivity contribution in [3.8, 4) is 0 Å². The van der Waals surface area contributed by atoms with Gasteiger partial charge in [0, 0.05) is 5.69 Å². The summed E-state index contributed by atoms with van der Waals surface area (Å²) < 4.78 is 42.4. The highest BCUT2D eigenvalue weighted by Crippen LogP contribution is 2.30. The monoisotopic (exact) mass is 319 g/mol. The molecule has 0 radical (unpaired) electrons. The summed E-state index contributed by atoms with van der Waals surface area (Å²) in [5, 5.41) is 2.15. The first-order valence-electron chi connectivity index (χ1n) is 6.20. The van der Waals surface area contributed by atoms with E-state index in [1.54, 1.807) is 20.8 Å². The molecule has 22 heavy (non-hydrogen) atoms. The summed E-state index contributed by atoms with van der Waals surface area (Å²) in [7, 11) is 0. The molecule has 1 rings (SSSR count). The first-order valence-corrected chi connectivity index (χ1v) is 6.20. The third-order valence-electron chi connectivity index (χ3n) is 2.12. The number of carbonyl (C=O) groups is 2. The summed E-state index contributed by atoms with van der Waals surface area (Å²) >= 11 is 0. The lowest BCUT2D eigenvalue weighted by atomic mass is 10.2. The molecular weight excluding hydrogens is 303 g/mol. The van der Waals surface area contributed by atoms with E-state index in [-0.39, 0.29) is 5.69 Å². The number of hydrogen-bond acceptors (Lipinski definition) is 3. The van der Waals surface area contributed by atoms with Gasteiger partial charge in [-0.15, -0.1) is 0 Å². The van der Waals surface area contributed by atoms with E-state index in [4.69, 9.17) is 4.74 Å². The fraction of sp³-hybridized carbons (Fsp3) is 0.385. The van der Waals surface area contributed by atoms with Crippen molar-refractivity contribution in [2.75, 3.05) is 5.32 Å². The summed E-state index contributed by atoms with van der Waals surface area (Å²) in [6.07, 6.45) is -5.41. The first-order chi connectivity index (χ1) is 9.97. The fourth-order valence-electron chi connectivity index (χ4n) is 1.35. The van der Waals surface area contributed by atoms with Crippen LogP contribution >= 0.6 is 0 Å². The Hall–Kier alpha value is -2.45. The van der Waals surface area contributed by atoms with Crippen LogP contribution in [0.1, 0.15) is 26.3 Å². The molecule has 9 heteroatoms. The predicted octanol–water partition coefficient (Wildman–Crippen LogP) is 3.27. The van der Waals surface area contributed by atoms with Gasteiger partial charge in [0.25, 0.3) is 0 Å². The Morgan fingerprint density at radius 1 is 1.09 bits per heavy atom. The van der Waals surface area contributed by atoms with Crippen molar-refractivity contribution in [2.24, 2.45) is 0 Å². The van der Waals surface area contributed by atoms with Gasteiger partial charge in [-0.1, -0.05) is 6.07 Å². The van der Waals surface area contributed by atoms with Crippen LogP contribution in [0.5, 0.6) is 0 Å². The number of urea groups is 1. The summed E-state index contributed by atoms with van der Waals surface area (Å²) in [5.41, 5.74) is 2.20. The molecule has 0 aliphatic carbocycles. The standard InChI is InChI=1S/C13H16F3N3O3/c1-12(2,3)22-11(21)19-18-10(20)17-9-6-4-5-8(7-9)13(14,15)16/h4-7H,1-3H3,(H,19,21)(H2,17,18,20). The Bertz CT molecular complexity index is 553. The van der Waals surface area contributed by atoms with Gasteiger partial charge in [-0.25, -0.2) is 20.4 Å². The Morgan fingerprint density at radius 2 is 1.73 bits per heavy atom. The smallest absolute Gasteiger partial charge is 0.426 e. The number of alkyl halides is 3. The Kier molecular flexibility index (Phi) is 5.23. The first kappa shape index (κ1) is 17.6. The number of carbonyl (C=O) groups excluding carboxylic acids is 2. The minimum absolute atomic E-state index is 0.0710. The summed E-state index contributed by atoms with van der Waals surface area (Å²) in [5.74, 6) is 0. The van der Waals surface area contributed by atoms with Crippen LogP contribution in [0.25, 0.3) is 0 Å². The highest BCUT2D eigenvalue weighted by atomic mass is 19.4. The fourth-order valence-corrected chi connectivity index (χ4v) is 1.35. The second kappa shape index (κ2) is 6.54. The molecule has 0 atom stereocenters. The van der Waals surface area contributed by atoms with Crippen molar-refractivity contribution >= 4 is 17.8 Å². The molecule has 0 aromatic heterocycles. The average molecular weight is 319 g/mol. The maximum atomic E-state index is 12.5.